The molecule has 1 saturated heterocycles. The number of carbonyl (C=O) groups is 3. The Labute approximate surface area is 207 Å². The number of amides is 3. The third-order valence-corrected chi connectivity index (χ3v) is 7.04. The van der Waals surface area contributed by atoms with Gasteiger partial charge in [-0.1, -0.05) is 24.3 Å². The Bertz CT molecular complexity index is 1530. The van der Waals surface area contributed by atoms with Crippen LogP contribution in [0.4, 0.5) is 0 Å². The first-order valence-electron chi connectivity index (χ1n) is 11.8. The van der Waals surface area contributed by atoms with E-state index in [1.54, 1.807) is 4.90 Å². The Morgan fingerprint density at radius 3 is 2.50 bits per heavy atom. The number of hydrogen-bond donors (Lipinski definition) is 1. The molecule has 0 bridgehead atoms. The lowest BCUT2D eigenvalue weighted by molar-refractivity contribution is -0.136. The number of carbonyl (C=O) groups excluding carboxylic acids is 3. The number of nitrogens with one attached hydrogen (secondary N) is 1. The summed E-state index contributed by atoms with van der Waals surface area (Å²) >= 11 is 0. The van der Waals surface area contributed by atoms with E-state index in [0.717, 1.165) is 39.3 Å². The highest BCUT2D eigenvalue weighted by atomic mass is 16.2. The van der Waals surface area contributed by atoms with Gasteiger partial charge in [-0.05, 0) is 48.7 Å². The number of aromatic nitrogens is 4. The van der Waals surface area contributed by atoms with Crippen molar-refractivity contribution in [2.24, 2.45) is 7.05 Å². The molecule has 2 aromatic heterocycles. The number of benzene rings is 2. The minimum atomic E-state index is -0.633. The number of hydrogen-bond acceptors (Lipinski definition) is 5. The zero-order valence-corrected chi connectivity index (χ0v) is 19.9. The second-order valence-electron chi connectivity index (χ2n) is 9.19. The van der Waals surface area contributed by atoms with E-state index in [-0.39, 0.29) is 18.2 Å². The van der Waals surface area contributed by atoms with Crippen LogP contribution in [0.2, 0.25) is 0 Å². The van der Waals surface area contributed by atoms with Crippen molar-refractivity contribution in [2.75, 3.05) is 0 Å². The fraction of sp³-hybridized carbons (Fsp3) is 0.222. The molecule has 1 atom stereocenters. The molecule has 1 fully saturated rings. The molecule has 2 aliphatic heterocycles. The van der Waals surface area contributed by atoms with Gasteiger partial charge in [-0.2, -0.15) is 10.2 Å². The highest BCUT2D eigenvalue weighted by Gasteiger charge is 2.39. The van der Waals surface area contributed by atoms with Gasteiger partial charge in [-0.3, -0.25) is 24.4 Å². The molecule has 2 aliphatic rings. The van der Waals surface area contributed by atoms with E-state index in [2.05, 4.69) is 15.5 Å². The van der Waals surface area contributed by atoms with Crippen LogP contribution in [0.1, 0.15) is 34.5 Å². The third kappa shape index (κ3) is 3.43. The highest BCUT2D eigenvalue weighted by Crippen LogP contribution is 2.37. The molecular formula is C27H24N6O3. The van der Waals surface area contributed by atoms with Gasteiger partial charge in [0.25, 0.3) is 5.91 Å². The van der Waals surface area contributed by atoms with E-state index in [0.29, 0.717) is 18.5 Å². The Hall–Kier alpha value is -4.53. The SMILES string of the molecule is Cc1c(-c2c(-c3ccc4c(c3)CN(C3CCC(=O)NC3=O)C4=O)cnn2C)cnn1-c1ccccc1. The number of nitrogens with zero attached hydrogens (tertiary/aromatic N) is 5. The highest BCUT2D eigenvalue weighted by molar-refractivity contribution is 6.05. The topological polar surface area (TPSA) is 102 Å². The first-order chi connectivity index (χ1) is 17.4. The van der Waals surface area contributed by atoms with E-state index in [9.17, 15) is 14.4 Å². The average Bonchev–Trinajstić information content (AvgIpc) is 3.54. The maximum Gasteiger partial charge on any atom is 0.255 e. The van der Waals surface area contributed by atoms with Crippen LogP contribution >= 0.6 is 0 Å². The molecule has 180 valence electrons. The van der Waals surface area contributed by atoms with Crippen molar-refractivity contribution >= 4 is 17.7 Å². The summed E-state index contributed by atoms with van der Waals surface area (Å²) in [6.45, 7) is 2.36. The van der Waals surface area contributed by atoms with Crippen LogP contribution in [0, 0.1) is 6.92 Å². The zero-order chi connectivity index (χ0) is 25.0. The Morgan fingerprint density at radius 1 is 0.944 bits per heavy atom. The summed E-state index contributed by atoms with van der Waals surface area (Å²) in [5.41, 5.74) is 7.18. The number of para-hydroxylation sites is 1. The second kappa shape index (κ2) is 8.30. The quantitative estimate of drug-likeness (QED) is 0.453. The van der Waals surface area contributed by atoms with E-state index < -0.39 is 11.9 Å². The monoisotopic (exact) mass is 480 g/mol. The van der Waals surface area contributed by atoms with Gasteiger partial charge < -0.3 is 4.90 Å². The molecule has 4 aromatic rings. The number of rotatable bonds is 4. The maximum atomic E-state index is 13.1. The van der Waals surface area contributed by atoms with Gasteiger partial charge in [0.1, 0.15) is 6.04 Å². The van der Waals surface area contributed by atoms with Crippen molar-refractivity contribution < 1.29 is 14.4 Å². The van der Waals surface area contributed by atoms with E-state index in [1.807, 2.05) is 84.3 Å². The van der Waals surface area contributed by atoms with Gasteiger partial charge in [-0.15, -0.1) is 0 Å². The summed E-state index contributed by atoms with van der Waals surface area (Å²) in [6.07, 6.45) is 4.25. The Balaban J connectivity index is 1.35. The molecule has 36 heavy (non-hydrogen) atoms. The summed E-state index contributed by atoms with van der Waals surface area (Å²) in [5, 5.41) is 11.5. The molecule has 2 aromatic carbocycles. The van der Waals surface area contributed by atoms with Crippen LogP contribution in [0.25, 0.3) is 28.1 Å². The molecule has 6 rings (SSSR count). The largest absolute Gasteiger partial charge is 0.322 e. The van der Waals surface area contributed by atoms with Crippen molar-refractivity contribution in [2.45, 2.75) is 32.4 Å². The summed E-state index contributed by atoms with van der Waals surface area (Å²) < 4.78 is 3.74. The summed E-state index contributed by atoms with van der Waals surface area (Å²) in [6, 6.07) is 15.1. The number of fused-ring (bicyclic) bond motifs is 1. The molecule has 9 heteroatoms. The van der Waals surface area contributed by atoms with Crippen molar-refractivity contribution in [3.8, 4) is 28.1 Å². The lowest BCUT2D eigenvalue weighted by atomic mass is 9.98. The number of piperidine rings is 1. The third-order valence-electron chi connectivity index (χ3n) is 7.04. The Kier molecular flexibility index (Phi) is 5.06. The van der Waals surface area contributed by atoms with Crippen molar-refractivity contribution in [3.63, 3.8) is 0 Å². The lowest BCUT2D eigenvalue weighted by Gasteiger charge is -2.29. The summed E-state index contributed by atoms with van der Waals surface area (Å²) in [5.74, 6) is -0.886. The minimum absolute atomic E-state index is 0.183. The molecule has 1 unspecified atom stereocenters. The molecule has 9 nitrogen and oxygen atoms in total. The van der Waals surface area contributed by atoms with Crippen LogP contribution in [0.3, 0.4) is 0 Å². The fourth-order valence-corrected chi connectivity index (χ4v) is 5.18. The van der Waals surface area contributed by atoms with Gasteiger partial charge in [-0.25, -0.2) is 4.68 Å². The van der Waals surface area contributed by atoms with Gasteiger partial charge in [0.2, 0.25) is 11.8 Å². The van der Waals surface area contributed by atoms with Crippen LogP contribution in [0.5, 0.6) is 0 Å². The van der Waals surface area contributed by atoms with Crippen LogP contribution < -0.4 is 5.32 Å². The molecule has 4 heterocycles. The van der Waals surface area contributed by atoms with Crippen molar-refractivity contribution in [3.05, 3.63) is 77.7 Å². The molecule has 0 aliphatic carbocycles. The average molecular weight is 481 g/mol. The first kappa shape index (κ1) is 22.0. The predicted molar refractivity (Wildman–Crippen MR) is 132 cm³/mol. The van der Waals surface area contributed by atoms with E-state index in [1.165, 1.54) is 0 Å². The van der Waals surface area contributed by atoms with Gasteiger partial charge in [0.05, 0.1) is 29.5 Å². The fourth-order valence-electron chi connectivity index (χ4n) is 5.18. The molecule has 0 spiro atoms. The summed E-state index contributed by atoms with van der Waals surface area (Å²) in [7, 11) is 1.90. The van der Waals surface area contributed by atoms with Crippen LogP contribution in [-0.2, 0) is 23.2 Å². The van der Waals surface area contributed by atoms with Crippen molar-refractivity contribution in [1.82, 2.24) is 29.8 Å². The van der Waals surface area contributed by atoms with E-state index in [4.69, 9.17) is 0 Å². The van der Waals surface area contributed by atoms with Gasteiger partial charge in [0.15, 0.2) is 0 Å². The molecular weight excluding hydrogens is 456 g/mol. The second-order valence-corrected chi connectivity index (χ2v) is 9.19. The maximum absolute atomic E-state index is 13.1. The molecule has 0 saturated carbocycles. The zero-order valence-electron chi connectivity index (χ0n) is 19.9. The predicted octanol–water partition coefficient (Wildman–Crippen LogP) is 3.01. The smallest absolute Gasteiger partial charge is 0.255 e. The molecule has 0 radical (unpaired) electrons. The normalized spacial score (nSPS) is 17.4. The summed E-state index contributed by atoms with van der Waals surface area (Å²) in [4.78, 5) is 38.6. The van der Waals surface area contributed by atoms with E-state index >= 15 is 0 Å². The minimum Gasteiger partial charge on any atom is -0.322 e. The lowest BCUT2D eigenvalue weighted by Crippen LogP contribution is -2.52. The number of imide groups is 1. The van der Waals surface area contributed by atoms with Crippen molar-refractivity contribution in [1.29, 1.82) is 0 Å². The van der Waals surface area contributed by atoms with Gasteiger partial charge >= 0.3 is 0 Å². The van der Waals surface area contributed by atoms with Crippen LogP contribution in [0.15, 0.2) is 60.9 Å². The first-order valence-corrected chi connectivity index (χ1v) is 11.8. The molecule has 3 amide bonds. The Morgan fingerprint density at radius 2 is 1.72 bits per heavy atom. The number of aryl methyl sites for hydroxylation is 1. The molecule has 1 N–H and O–H groups in total. The van der Waals surface area contributed by atoms with Gasteiger partial charge in [0, 0.05) is 36.7 Å². The van der Waals surface area contributed by atoms with Crippen LogP contribution in [-0.4, -0.2) is 48.2 Å². The standard InChI is InChI=1S/C27H24N6O3/c1-16-21(13-29-33(16)19-6-4-3-5-7-19)25-22(14-28-31(25)2)17-8-9-20-18(12-17)15-32(27(20)36)23-10-11-24(34)30-26(23)35/h3-9,12-14,23H,10-11,15H2,1-2H3,(H,30,34,35).